The third-order valence-electron chi connectivity index (χ3n) is 5.27. The Hall–Kier alpha value is -3.85. The van der Waals surface area contributed by atoms with Gasteiger partial charge in [-0.25, -0.2) is 9.78 Å². The van der Waals surface area contributed by atoms with Crippen LogP contribution >= 0.6 is 11.6 Å². The number of halogens is 1. The van der Waals surface area contributed by atoms with E-state index >= 15 is 0 Å². The molecule has 1 fully saturated rings. The number of nitrogens with two attached hydrogens (primary N) is 1. The second kappa shape index (κ2) is 10.2. The number of aromatic nitrogens is 2. The van der Waals surface area contributed by atoms with Crippen molar-refractivity contribution in [3.8, 4) is 0 Å². The molecule has 1 heterocycles. The SMILES string of the molecule is NC(=O)c1cnc(Nc2ccc(Cl)c(NC(=O)NC3CCC3)c2)nc1NCc1ccccc1. The van der Waals surface area contributed by atoms with Gasteiger partial charge in [0.25, 0.3) is 5.91 Å². The van der Waals surface area contributed by atoms with E-state index in [-0.39, 0.29) is 23.6 Å². The second-order valence-electron chi connectivity index (χ2n) is 7.71. The highest BCUT2D eigenvalue weighted by Crippen LogP contribution is 2.27. The molecule has 0 atom stereocenters. The summed E-state index contributed by atoms with van der Waals surface area (Å²) in [5.41, 5.74) is 7.75. The number of anilines is 4. The Bertz CT molecular complexity index is 1150. The number of nitrogens with zero attached hydrogens (tertiary/aromatic N) is 2. The summed E-state index contributed by atoms with van der Waals surface area (Å²) in [7, 11) is 0. The van der Waals surface area contributed by atoms with E-state index in [2.05, 4.69) is 31.2 Å². The Labute approximate surface area is 196 Å². The first-order valence-corrected chi connectivity index (χ1v) is 10.9. The summed E-state index contributed by atoms with van der Waals surface area (Å²) in [5, 5.41) is 12.3. The third-order valence-corrected chi connectivity index (χ3v) is 5.60. The smallest absolute Gasteiger partial charge is 0.319 e. The number of hydrogen-bond acceptors (Lipinski definition) is 6. The van der Waals surface area contributed by atoms with Crippen molar-refractivity contribution < 1.29 is 9.59 Å². The zero-order chi connectivity index (χ0) is 23.2. The Balaban J connectivity index is 1.48. The highest BCUT2D eigenvalue weighted by Gasteiger charge is 2.20. The van der Waals surface area contributed by atoms with Crippen molar-refractivity contribution in [2.75, 3.05) is 16.0 Å². The summed E-state index contributed by atoms with van der Waals surface area (Å²) in [6, 6.07) is 14.7. The summed E-state index contributed by atoms with van der Waals surface area (Å²) in [6.07, 6.45) is 4.47. The van der Waals surface area contributed by atoms with Gasteiger partial charge in [0.2, 0.25) is 5.95 Å². The number of rotatable bonds is 8. The summed E-state index contributed by atoms with van der Waals surface area (Å²) >= 11 is 6.25. The molecule has 10 heteroatoms. The van der Waals surface area contributed by atoms with Gasteiger partial charge < -0.3 is 27.0 Å². The van der Waals surface area contributed by atoms with Gasteiger partial charge in [0.05, 0.1) is 16.3 Å². The normalized spacial score (nSPS) is 13.0. The molecule has 33 heavy (non-hydrogen) atoms. The minimum atomic E-state index is -0.632. The molecule has 0 spiro atoms. The number of hydrogen-bond donors (Lipinski definition) is 5. The van der Waals surface area contributed by atoms with Crippen LogP contribution in [0.1, 0.15) is 35.2 Å². The number of carbonyl (C=O) groups is 2. The fourth-order valence-corrected chi connectivity index (χ4v) is 3.43. The van der Waals surface area contributed by atoms with Crippen LogP contribution in [0.5, 0.6) is 0 Å². The van der Waals surface area contributed by atoms with Crippen molar-refractivity contribution in [3.05, 3.63) is 70.9 Å². The number of nitrogens with one attached hydrogen (secondary N) is 4. The quantitative estimate of drug-likeness (QED) is 0.337. The van der Waals surface area contributed by atoms with Gasteiger partial charge in [-0.15, -0.1) is 0 Å². The van der Waals surface area contributed by atoms with Crippen LogP contribution < -0.4 is 27.0 Å². The van der Waals surface area contributed by atoms with Crippen molar-refractivity contribution in [3.63, 3.8) is 0 Å². The molecule has 3 amide bonds. The third kappa shape index (κ3) is 5.89. The monoisotopic (exact) mass is 465 g/mol. The van der Waals surface area contributed by atoms with Crippen LogP contribution in [-0.4, -0.2) is 27.9 Å². The molecule has 0 unspecified atom stereocenters. The van der Waals surface area contributed by atoms with Gasteiger partial charge in [0.1, 0.15) is 5.82 Å². The number of amides is 3. The number of carbonyl (C=O) groups excluding carboxylic acids is 2. The maximum absolute atomic E-state index is 12.2. The topological polar surface area (TPSA) is 134 Å². The average molecular weight is 466 g/mol. The Morgan fingerprint density at radius 1 is 1.12 bits per heavy atom. The molecule has 0 radical (unpaired) electrons. The average Bonchev–Trinajstić information content (AvgIpc) is 2.78. The van der Waals surface area contributed by atoms with Crippen LogP contribution in [0.15, 0.2) is 54.7 Å². The number of benzene rings is 2. The van der Waals surface area contributed by atoms with Gasteiger partial charge in [-0.2, -0.15) is 4.98 Å². The molecular formula is C23H24ClN7O2. The second-order valence-corrected chi connectivity index (χ2v) is 8.11. The minimum absolute atomic E-state index is 0.183. The first-order valence-electron chi connectivity index (χ1n) is 10.6. The summed E-state index contributed by atoms with van der Waals surface area (Å²) in [5.74, 6) is -0.0636. The maximum Gasteiger partial charge on any atom is 0.319 e. The molecule has 2 aromatic carbocycles. The predicted molar refractivity (Wildman–Crippen MR) is 129 cm³/mol. The van der Waals surface area contributed by atoms with E-state index in [1.807, 2.05) is 30.3 Å². The lowest BCUT2D eigenvalue weighted by atomic mass is 9.93. The molecule has 1 saturated carbocycles. The molecule has 0 bridgehead atoms. The molecule has 4 rings (SSSR count). The van der Waals surface area contributed by atoms with Gasteiger partial charge in [0.15, 0.2) is 0 Å². The molecule has 0 saturated heterocycles. The zero-order valence-corrected chi connectivity index (χ0v) is 18.5. The molecular weight excluding hydrogens is 442 g/mol. The van der Waals surface area contributed by atoms with Crippen molar-refractivity contribution in [1.82, 2.24) is 15.3 Å². The van der Waals surface area contributed by atoms with Crippen LogP contribution in [0.4, 0.5) is 27.9 Å². The van der Waals surface area contributed by atoms with Crippen molar-refractivity contribution >= 4 is 46.7 Å². The molecule has 1 aliphatic carbocycles. The summed E-state index contributed by atoms with van der Waals surface area (Å²) in [4.78, 5) is 32.6. The van der Waals surface area contributed by atoms with E-state index in [1.54, 1.807) is 18.2 Å². The van der Waals surface area contributed by atoms with Gasteiger partial charge in [-0.05, 0) is 43.0 Å². The highest BCUT2D eigenvalue weighted by atomic mass is 35.5. The molecule has 3 aromatic rings. The van der Waals surface area contributed by atoms with E-state index in [9.17, 15) is 9.59 Å². The van der Waals surface area contributed by atoms with Crippen LogP contribution in [-0.2, 0) is 6.54 Å². The lowest BCUT2D eigenvalue weighted by Crippen LogP contribution is -2.41. The molecule has 1 aliphatic rings. The number of primary amides is 1. The van der Waals surface area contributed by atoms with Crippen molar-refractivity contribution in [1.29, 1.82) is 0 Å². The van der Waals surface area contributed by atoms with E-state index in [4.69, 9.17) is 17.3 Å². The zero-order valence-electron chi connectivity index (χ0n) is 17.8. The standard InChI is InChI=1S/C23H24ClN7O2/c24-18-10-9-16(11-19(18)30-23(33)29-15-7-4-8-15)28-22-27-13-17(20(25)32)21(31-22)26-12-14-5-2-1-3-6-14/h1-3,5-6,9-11,13,15H,4,7-8,12H2,(H2,25,32)(H2,29,30,33)(H2,26,27,28,31). The summed E-state index contributed by atoms with van der Waals surface area (Å²) < 4.78 is 0. The lowest BCUT2D eigenvalue weighted by Gasteiger charge is -2.26. The first kappa shape index (κ1) is 22.3. The fraction of sp³-hybridized carbons (Fsp3) is 0.217. The predicted octanol–water partition coefficient (Wildman–Crippen LogP) is 4.26. The lowest BCUT2D eigenvalue weighted by molar-refractivity contribution is 0.100. The Kier molecular flexibility index (Phi) is 6.89. The van der Waals surface area contributed by atoms with E-state index in [0.29, 0.717) is 28.8 Å². The maximum atomic E-state index is 12.2. The molecule has 1 aromatic heterocycles. The van der Waals surface area contributed by atoms with E-state index < -0.39 is 5.91 Å². The van der Waals surface area contributed by atoms with Crippen LogP contribution in [0.25, 0.3) is 0 Å². The van der Waals surface area contributed by atoms with Crippen molar-refractivity contribution in [2.45, 2.75) is 31.8 Å². The van der Waals surface area contributed by atoms with E-state index in [0.717, 1.165) is 24.8 Å². The van der Waals surface area contributed by atoms with Gasteiger partial charge >= 0.3 is 6.03 Å². The fourth-order valence-electron chi connectivity index (χ4n) is 3.26. The van der Waals surface area contributed by atoms with Crippen LogP contribution in [0.2, 0.25) is 5.02 Å². The highest BCUT2D eigenvalue weighted by molar-refractivity contribution is 6.33. The largest absolute Gasteiger partial charge is 0.365 e. The van der Waals surface area contributed by atoms with Gasteiger partial charge in [-0.1, -0.05) is 41.9 Å². The van der Waals surface area contributed by atoms with Gasteiger partial charge in [-0.3, -0.25) is 4.79 Å². The molecule has 9 nitrogen and oxygen atoms in total. The van der Waals surface area contributed by atoms with Crippen LogP contribution in [0, 0.1) is 0 Å². The molecule has 6 N–H and O–H groups in total. The minimum Gasteiger partial charge on any atom is -0.365 e. The van der Waals surface area contributed by atoms with E-state index in [1.165, 1.54) is 6.20 Å². The van der Waals surface area contributed by atoms with Crippen molar-refractivity contribution in [2.24, 2.45) is 5.73 Å². The number of urea groups is 1. The Morgan fingerprint density at radius 3 is 2.61 bits per heavy atom. The Morgan fingerprint density at radius 2 is 1.91 bits per heavy atom. The molecule has 0 aliphatic heterocycles. The van der Waals surface area contributed by atoms with Gasteiger partial charge in [0, 0.05) is 24.5 Å². The first-order chi connectivity index (χ1) is 16.0. The van der Waals surface area contributed by atoms with Crippen LogP contribution in [0.3, 0.4) is 0 Å². The molecule has 170 valence electrons. The summed E-state index contributed by atoms with van der Waals surface area (Å²) in [6.45, 7) is 0.461.